The van der Waals surface area contributed by atoms with Crippen LogP contribution in [0.4, 0.5) is 0 Å². The smallest absolute Gasteiger partial charge is 0.00928 e. The van der Waals surface area contributed by atoms with Gasteiger partial charge < -0.3 is 10.2 Å². The third kappa shape index (κ3) is 2.48. The van der Waals surface area contributed by atoms with Crippen molar-refractivity contribution in [2.45, 2.75) is 38.6 Å². The molecule has 82 valence electrons. The number of likely N-dealkylation sites (tertiary alicyclic amines) is 1. The molecule has 2 aliphatic rings. The summed E-state index contributed by atoms with van der Waals surface area (Å²) in [5.41, 5.74) is 0. The molecular formula is C12H24N2. The highest BCUT2D eigenvalue weighted by Gasteiger charge is 2.26. The van der Waals surface area contributed by atoms with Gasteiger partial charge in [-0.3, -0.25) is 0 Å². The molecule has 0 bridgehead atoms. The maximum atomic E-state index is 3.77. The highest BCUT2D eigenvalue weighted by Crippen LogP contribution is 2.24. The summed E-state index contributed by atoms with van der Waals surface area (Å²) in [6, 6.07) is 0.814. The highest BCUT2D eigenvalue weighted by atomic mass is 15.2. The fraction of sp³-hybridized carbons (Fsp3) is 1.00. The Labute approximate surface area is 88.1 Å². The molecule has 1 N–H and O–H groups in total. The summed E-state index contributed by atoms with van der Waals surface area (Å²) in [7, 11) is 2.21. The average molecular weight is 196 g/mol. The van der Waals surface area contributed by atoms with E-state index in [9.17, 15) is 0 Å². The molecule has 0 radical (unpaired) electrons. The molecule has 2 nitrogen and oxygen atoms in total. The second-order valence-corrected chi connectivity index (χ2v) is 5.36. The summed E-state index contributed by atoms with van der Waals surface area (Å²) in [6.07, 6.45) is 5.73. The molecule has 0 aromatic carbocycles. The maximum absolute atomic E-state index is 3.77. The Hall–Kier alpha value is -0.0800. The number of nitrogens with one attached hydrogen (secondary N) is 1. The van der Waals surface area contributed by atoms with Crippen LogP contribution in [0, 0.1) is 11.8 Å². The van der Waals surface area contributed by atoms with E-state index in [0.717, 1.165) is 17.9 Å². The van der Waals surface area contributed by atoms with Crippen LogP contribution in [0.25, 0.3) is 0 Å². The third-order valence-corrected chi connectivity index (χ3v) is 3.92. The zero-order valence-electron chi connectivity index (χ0n) is 9.63. The van der Waals surface area contributed by atoms with E-state index in [-0.39, 0.29) is 0 Å². The molecule has 1 aliphatic heterocycles. The van der Waals surface area contributed by atoms with Crippen LogP contribution >= 0.6 is 0 Å². The van der Waals surface area contributed by atoms with Gasteiger partial charge in [0.1, 0.15) is 0 Å². The molecule has 0 aromatic heterocycles. The van der Waals surface area contributed by atoms with Crippen LogP contribution in [-0.2, 0) is 0 Å². The minimum absolute atomic E-state index is 0.814. The second kappa shape index (κ2) is 4.63. The van der Waals surface area contributed by atoms with Crippen molar-refractivity contribution in [3.63, 3.8) is 0 Å². The van der Waals surface area contributed by atoms with E-state index in [4.69, 9.17) is 0 Å². The molecule has 1 saturated carbocycles. The fourth-order valence-corrected chi connectivity index (χ4v) is 2.89. The molecule has 2 unspecified atom stereocenters. The van der Waals surface area contributed by atoms with Gasteiger partial charge in [-0.2, -0.15) is 0 Å². The third-order valence-electron chi connectivity index (χ3n) is 3.92. The Morgan fingerprint density at radius 2 is 1.93 bits per heavy atom. The summed E-state index contributed by atoms with van der Waals surface area (Å²) in [6.45, 7) is 6.26. The number of hydrogen-bond donors (Lipinski definition) is 1. The predicted molar refractivity (Wildman–Crippen MR) is 60.4 cm³/mol. The molecule has 1 saturated heterocycles. The van der Waals surface area contributed by atoms with Crippen LogP contribution in [-0.4, -0.2) is 37.6 Å². The summed E-state index contributed by atoms with van der Waals surface area (Å²) in [4.78, 5) is 2.40. The Kier molecular flexibility index (Phi) is 3.45. The van der Waals surface area contributed by atoms with Crippen molar-refractivity contribution in [2.24, 2.45) is 11.8 Å². The normalized spacial score (nSPS) is 35.6. The van der Waals surface area contributed by atoms with Crippen molar-refractivity contribution in [2.75, 3.05) is 26.7 Å². The SMILES string of the molecule is CC1CCCCC1NCC1CN(C)C1. The fourth-order valence-electron chi connectivity index (χ4n) is 2.89. The summed E-state index contributed by atoms with van der Waals surface area (Å²) < 4.78 is 0. The molecule has 14 heavy (non-hydrogen) atoms. The zero-order valence-corrected chi connectivity index (χ0v) is 9.63. The molecule has 2 fully saturated rings. The highest BCUT2D eigenvalue weighted by molar-refractivity contribution is 4.83. The minimum Gasteiger partial charge on any atom is -0.313 e. The van der Waals surface area contributed by atoms with Crippen LogP contribution < -0.4 is 5.32 Å². The molecule has 2 rings (SSSR count). The van der Waals surface area contributed by atoms with Gasteiger partial charge in [0.05, 0.1) is 0 Å². The lowest BCUT2D eigenvalue weighted by Crippen LogP contribution is -2.51. The van der Waals surface area contributed by atoms with E-state index in [1.54, 1.807) is 0 Å². The minimum atomic E-state index is 0.814. The van der Waals surface area contributed by atoms with Gasteiger partial charge >= 0.3 is 0 Å². The summed E-state index contributed by atoms with van der Waals surface area (Å²) >= 11 is 0. The van der Waals surface area contributed by atoms with Crippen LogP contribution in [0.15, 0.2) is 0 Å². The first-order valence-electron chi connectivity index (χ1n) is 6.17. The van der Waals surface area contributed by atoms with Gasteiger partial charge in [-0.25, -0.2) is 0 Å². The molecule has 1 heterocycles. The van der Waals surface area contributed by atoms with E-state index in [1.165, 1.54) is 45.3 Å². The van der Waals surface area contributed by atoms with Crippen LogP contribution in [0.1, 0.15) is 32.6 Å². The van der Waals surface area contributed by atoms with Gasteiger partial charge in [0, 0.05) is 25.7 Å². The van der Waals surface area contributed by atoms with Gasteiger partial charge in [-0.05, 0) is 31.7 Å². The first-order valence-corrected chi connectivity index (χ1v) is 6.17. The average Bonchev–Trinajstić information content (AvgIpc) is 2.13. The number of nitrogens with zero attached hydrogens (tertiary/aromatic N) is 1. The topological polar surface area (TPSA) is 15.3 Å². The Bertz CT molecular complexity index is 175. The van der Waals surface area contributed by atoms with Crippen molar-refractivity contribution in [3.8, 4) is 0 Å². The van der Waals surface area contributed by atoms with Crippen LogP contribution in [0.2, 0.25) is 0 Å². The molecule has 2 atom stereocenters. The molecule has 1 aliphatic carbocycles. The first kappa shape index (κ1) is 10.4. The van der Waals surface area contributed by atoms with Crippen molar-refractivity contribution in [1.29, 1.82) is 0 Å². The standard InChI is InChI=1S/C12H24N2/c1-10-5-3-4-6-12(10)13-7-11-8-14(2)9-11/h10-13H,3-9H2,1-2H3. The van der Waals surface area contributed by atoms with Gasteiger partial charge in [0.25, 0.3) is 0 Å². The molecular weight excluding hydrogens is 172 g/mol. The Morgan fingerprint density at radius 3 is 2.57 bits per heavy atom. The Morgan fingerprint density at radius 1 is 1.21 bits per heavy atom. The van der Waals surface area contributed by atoms with E-state index in [2.05, 4.69) is 24.2 Å². The molecule has 0 amide bonds. The van der Waals surface area contributed by atoms with E-state index >= 15 is 0 Å². The van der Waals surface area contributed by atoms with Gasteiger partial charge in [-0.1, -0.05) is 19.8 Å². The van der Waals surface area contributed by atoms with Gasteiger partial charge in [0.2, 0.25) is 0 Å². The molecule has 2 heteroatoms. The van der Waals surface area contributed by atoms with E-state index in [1.807, 2.05) is 0 Å². The largest absolute Gasteiger partial charge is 0.313 e. The first-order chi connectivity index (χ1) is 6.75. The van der Waals surface area contributed by atoms with Gasteiger partial charge in [-0.15, -0.1) is 0 Å². The Balaban J connectivity index is 1.64. The monoisotopic (exact) mass is 196 g/mol. The van der Waals surface area contributed by atoms with Crippen LogP contribution in [0.3, 0.4) is 0 Å². The zero-order chi connectivity index (χ0) is 9.97. The number of hydrogen-bond acceptors (Lipinski definition) is 2. The molecule has 0 spiro atoms. The lowest BCUT2D eigenvalue weighted by Gasteiger charge is -2.38. The van der Waals surface area contributed by atoms with Crippen molar-refractivity contribution in [3.05, 3.63) is 0 Å². The summed E-state index contributed by atoms with van der Waals surface area (Å²) in [5.74, 6) is 1.83. The summed E-state index contributed by atoms with van der Waals surface area (Å²) in [5, 5.41) is 3.77. The van der Waals surface area contributed by atoms with Crippen molar-refractivity contribution < 1.29 is 0 Å². The van der Waals surface area contributed by atoms with Crippen molar-refractivity contribution in [1.82, 2.24) is 10.2 Å². The predicted octanol–water partition coefficient (Wildman–Crippen LogP) is 1.72. The van der Waals surface area contributed by atoms with Gasteiger partial charge in [0.15, 0.2) is 0 Å². The van der Waals surface area contributed by atoms with E-state index in [0.29, 0.717) is 0 Å². The lowest BCUT2D eigenvalue weighted by atomic mass is 9.85. The number of rotatable bonds is 3. The van der Waals surface area contributed by atoms with Crippen LogP contribution in [0.5, 0.6) is 0 Å². The second-order valence-electron chi connectivity index (χ2n) is 5.36. The van der Waals surface area contributed by atoms with Crippen molar-refractivity contribution >= 4 is 0 Å². The lowest BCUT2D eigenvalue weighted by molar-refractivity contribution is 0.123. The maximum Gasteiger partial charge on any atom is 0.00928 e. The molecule has 0 aromatic rings. The quantitative estimate of drug-likeness (QED) is 0.739. The van der Waals surface area contributed by atoms with E-state index < -0.39 is 0 Å².